The zero-order valence-corrected chi connectivity index (χ0v) is 25.9. The first-order valence-electron chi connectivity index (χ1n) is 15.0. The highest BCUT2D eigenvalue weighted by atomic mass is 32.1. The molecule has 11 nitrogen and oxygen atoms in total. The van der Waals surface area contributed by atoms with Crippen molar-refractivity contribution in [3.63, 3.8) is 0 Å². The van der Waals surface area contributed by atoms with E-state index in [0.29, 0.717) is 53.7 Å². The van der Waals surface area contributed by atoms with Crippen LogP contribution in [0.2, 0.25) is 0 Å². The van der Waals surface area contributed by atoms with E-state index in [-0.39, 0.29) is 43.7 Å². The van der Waals surface area contributed by atoms with Crippen LogP contribution >= 0.6 is 11.3 Å². The van der Waals surface area contributed by atoms with E-state index in [2.05, 4.69) is 10.3 Å². The molecule has 3 aromatic rings. The van der Waals surface area contributed by atoms with Crippen LogP contribution in [0, 0.1) is 6.92 Å². The second-order valence-electron chi connectivity index (χ2n) is 11.1. The number of esters is 1. The molecule has 232 valence electrons. The molecule has 5 rings (SSSR count). The Labute approximate surface area is 256 Å². The Morgan fingerprint density at radius 1 is 1.23 bits per heavy atom. The molecule has 0 bridgehead atoms. The van der Waals surface area contributed by atoms with Crippen LogP contribution in [0.4, 0.5) is 0 Å². The summed E-state index contributed by atoms with van der Waals surface area (Å²) in [4.78, 5) is 37.9. The number of amides is 1. The molecule has 1 amide bonds. The molecule has 0 spiro atoms. The fourth-order valence-electron chi connectivity index (χ4n) is 6.20. The minimum absolute atomic E-state index is 0.152. The van der Waals surface area contributed by atoms with E-state index in [4.69, 9.17) is 19.2 Å². The van der Waals surface area contributed by atoms with Crippen molar-refractivity contribution in [2.75, 3.05) is 46.6 Å². The number of carbonyl (C=O) groups is 2. The number of aromatic nitrogens is 3. The molecule has 2 N–H and O–H groups in total. The number of aliphatic hydroxyl groups is 1. The first-order valence-corrected chi connectivity index (χ1v) is 15.8. The Kier molecular flexibility index (Phi) is 10.1. The summed E-state index contributed by atoms with van der Waals surface area (Å²) in [6.07, 6.45) is 5.52. The summed E-state index contributed by atoms with van der Waals surface area (Å²) in [6.45, 7) is 6.13. The van der Waals surface area contributed by atoms with Crippen LogP contribution in [0.1, 0.15) is 70.2 Å². The number of carbonyl (C=O) groups excluding carboxylic acids is 2. The number of nitrogens with zero attached hydrogens (tertiary/aromatic N) is 4. The van der Waals surface area contributed by atoms with Crippen molar-refractivity contribution >= 4 is 23.2 Å². The fourth-order valence-corrected chi connectivity index (χ4v) is 6.96. The summed E-state index contributed by atoms with van der Waals surface area (Å²) in [5.41, 5.74) is 0.888. The number of imidazole rings is 1. The largest absolute Gasteiger partial charge is 0.476 e. The topological polar surface area (TPSA) is 128 Å². The highest BCUT2D eigenvalue weighted by molar-refractivity contribution is 7.13. The lowest BCUT2D eigenvalue weighted by Gasteiger charge is -2.41. The van der Waals surface area contributed by atoms with Crippen molar-refractivity contribution in [1.29, 1.82) is 0 Å². The van der Waals surface area contributed by atoms with E-state index in [1.165, 1.54) is 11.3 Å². The Balaban J connectivity index is 1.39. The van der Waals surface area contributed by atoms with Crippen LogP contribution in [0.25, 0.3) is 11.3 Å². The van der Waals surface area contributed by atoms with Gasteiger partial charge in [-0.15, -0.1) is 11.3 Å². The minimum atomic E-state index is -1.05. The number of hydrogen-bond acceptors (Lipinski definition) is 10. The maximum Gasteiger partial charge on any atom is 0.353 e. The number of thiazole rings is 1. The average molecular weight is 612 g/mol. The second kappa shape index (κ2) is 14.0. The molecular formula is C31H41N5O6S. The lowest BCUT2D eigenvalue weighted by molar-refractivity contribution is -0.0893. The van der Waals surface area contributed by atoms with Gasteiger partial charge in [0.25, 0.3) is 5.91 Å². The van der Waals surface area contributed by atoms with Gasteiger partial charge in [-0.25, -0.2) is 14.8 Å². The van der Waals surface area contributed by atoms with Gasteiger partial charge in [0.1, 0.15) is 5.60 Å². The number of benzene rings is 1. The van der Waals surface area contributed by atoms with Gasteiger partial charge >= 0.3 is 5.97 Å². The summed E-state index contributed by atoms with van der Waals surface area (Å²) in [5, 5.41) is 15.8. The third-order valence-electron chi connectivity index (χ3n) is 8.20. The molecule has 12 heteroatoms. The van der Waals surface area contributed by atoms with E-state index < -0.39 is 11.6 Å². The number of rotatable bonds is 11. The summed E-state index contributed by atoms with van der Waals surface area (Å²) in [7, 11) is 1.60. The highest BCUT2D eigenvalue weighted by Crippen LogP contribution is 2.41. The van der Waals surface area contributed by atoms with E-state index in [9.17, 15) is 14.7 Å². The van der Waals surface area contributed by atoms with E-state index in [1.807, 2.05) is 46.7 Å². The molecule has 1 saturated heterocycles. The molecule has 1 aliphatic heterocycles. The average Bonchev–Trinajstić information content (AvgIpc) is 3.61. The fraction of sp³-hybridized carbons (Fsp3) is 0.548. The van der Waals surface area contributed by atoms with Crippen molar-refractivity contribution < 1.29 is 28.9 Å². The predicted octanol–water partition coefficient (Wildman–Crippen LogP) is 3.87. The maximum absolute atomic E-state index is 14.3. The SMILES string of the molecule is CCOC(=O)c1sc(C)nc1OCC[C@@H]1CNCCN1C(=O)c1ncn([C@@H]2CCCC[C@@]2(O)COC)c1-c1ccccc1. The Morgan fingerprint density at radius 3 is 2.81 bits per heavy atom. The zero-order chi connectivity index (χ0) is 30.4. The highest BCUT2D eigenvalue weighted by Gasteiger charge is 2.42. The van der Waals surface area contributed by atoms with Gasteiger partial charge in [-0.3, -0.25) is 4.79 Å². The van der Waals surface area contributed by atoms with Gasteiger partial charge < -0.3 is 34.1 Å². The molecule has 0 unspecified atom stereocenters. The number of piperazine rings is 1. The number of aryl methyl sites for hydroxylation is 1. The third-order valence-corrected chi connectivity index (χ3v) is 9.13. The standard InChI is InChI=1S/C31H41N5O6S/c1-4-41-30(38)27-28(34-21(2)43-27)42-17-13-23-18-32-15-16-35(23)29(37)25-26(22-10-6-5-7-11-22)36(20-33-25)24-12-8-9-14-31(24,39)19-40-3/h5-7,10-11,20,23-24,32,39H,4,8-9,12-19H2,1-3H3/t23-,24-,31-/m1/s1. The van der Waals surface area contributed by atoms with Crippen LogP contribution in [-0.4, -0.2) is 94.6 Å². The van der Waals surface area contributed by atoms with Gasteiger partial charge in [0, 0.05) is 44.8 Å². The molecule has 1 aliphatic carbocycles. The summed E-state index contributed by atoms with van der Waals surface area (Å²) >= 11 is 1.24. The molecule has 1 aromatic carbocycles. The van der Waals surface area contributed by atoms with Gasteiger partial charge in [-0.1, -0.05) is 43.2 Å². The summed E-state index contributed by atoms with van der Waals surface area (Å²) in [6, 6.07) is 9.36. The molecule has 43 heavy (non-hydrogen) atoms. The zero-order valence-electron chi connectivity index (χ0n) is 25.1. The normalized spacial score (nSPS) is 22.4. The Hall–Kier alpha value is -3.32. The smallest absolute Gasteiger partial charge is 0.353 e. The molecule has 1 saturated carbocycles. The van der Waals surface area contributed by atoms with Crippen LogP contribution in [0.15, 0.2) is 36.7 Å². The molecule has 3 heterocycles. The maximum atomic E-state index is 14.3. The number of methoxy groups -OCH3 is 1. The number of nitrogens with one attached hydrogen (secondary N) is 1. The lowest BCUT2D eigenvalue weighted by Crippen LogP contribution is -2.54. The van der Waals surface area contributed by atoms with Crippen molar-refractivity contribution in [3.8, 4) is 17.1 Å². The monoisotopic (exact) mass is 611 g/mol. The molecule has 2 aromatic heterocycles. The van der Waals surface area contributed by atoms with Crippen molar-refractivity contribution in [3.05, 3.63) is 52.2 Å². The van der Waals surface area contributed by atoms with E-state index in [0.717, 1.165) is 24.8 Å². The van der Waals surface area contributed by atoms with Crippen molar-refractivity contribution in [2.24, 2.45) is 0 Å². The van der Waals surface area contributed by atoms with E-state index in [1.54, 1.807) is 20.4 Å². The first-order chi connectivity index (χ1) is 20.9. The van der Waals surface area contributed by atoms with Gasteiger partial charge in [0.15, 0.2) is 10.6 Å². The van der Waals surface area contributed by atoms with Crippen LogP contribution in [0.3, 0.4) is 0 Å². The van der Waals surface area contributed by atoms with Gasteiger partial charge in [0.05, 0.1) is 42.9 Å². The van der Waals surface area contributed by atoms with E-state index >= 15 is 0 Å². The predicted molar refractivity (Wildman–Crippen MR) is 163 cm³/mol. The summed E-state index contributed by atoms with van der Waals surface area (Å²) in [5.74, 6) is -0.339. The van der Waals surface area contributed by atoms with Crippen molar-refractivity contribution in [1.82, 2.24) is 24.8 Å². The Morgan fingerprint density at radius 2 is 2.05 bits per heavy atom. The number of ether oxygens (including phenoxy) is 3. The quantitative estimate of drug-likeness (QED) is 0.311. The number of hydrogen-bond donors (Lipinski definition) is 2. The Bertz CT molecular complexity index is 1390. The van der Waals surface area contributed by atoms with Crippen molar-refractivity contribution in [2.45, 2.75) is 63.6 Å². The molecule has 2 aliphatic rings. The minimum Gasteiger partial charge on any atom is -0.476 e. The van der Waals surface area contributed by atoms with Gasteiger partial charge in [-0.2, -0.15) is 0 Å². The second-order valence-corrected chi connectivity index (χ2v) is 12.3. The molecular weight excluding hydrogens is 570 g/mol. The molecule has 3 atom stereocenters. The van der Waals surface area contributed by atoms with Gasteiger partial charge in [-0.05, 0) is 26.7 Å². The third kappa shape index (κ3) is 6.77. The lowest BCUT2D eigenvalue weighted by atomic mass is 9.80. The van der Waals surface area contributed by atoms with Gasteiger partial charge in [0.2, 0.25) is 5.88 Å². The summed E-state index contributed by atoms with van der Waals surface area (Å²) < 4.78 is 18.5. The first kappa shape index (κ1) is 31.1. The molecule has 2 fully saturated rings. The van der Waals surface area contributed by atoms with Crippen LogP contribution in [-0.2, 0) is 9.47 Å². The van der Waals surface area contributed by atoms with Crippen LogP contribution < -0.4 is 10.1 Å². The van der Waals surface area contributed by atoms with Crippen LogP contribution in [0.5, 0.6) is 5.88 Å². The molecule has 0 radical (unpaired) electrons.